The molecule has 0 aliphatic carbocycles. The Hall–Kier alpha value is -6.71. The SMILES string of the molecule is COC(=O)N[C@H](C(=O)N1CCC[C@@]1(C(N)=O)c1ccc(-c2ccc(-c3ccc([C@]4(C(N)=O)CCCN4C(=O)[C@@H](NC(=O)OC)C(C)C)cc3)n2-c2ccc(F)cc2)cc1)C(C)C. The maximum atomic E-state index is 14.3. The predicted molar refractivity (Wildman–Crippen MR) is 229 cm³/mol. The summed E-state index contributed by atoms with van der Waals surface area (Å²) in [7, 11) is 2.42. The minimum Gasteiger partial charge on any atom is -0.453 e. The van der Waals surface area contributed by atoms with Crippen molar-refractivity contribution in [2.24, 2.45) is 23.3 Å². The lowest BCUT2D eigenvalue weighted by Crippen LogP contribution is -2.59. The lowest BCUT2D eigenvalue weighted by atomic mass is 9.85. The number of nitrogens with two attached hydrogens (primary N) is 2. The number of carbonyl (C=O) groups excluding carboxylic acids is 6. The van der Waals surface area contributed by atoms with Crippen molar-refractivity contribution in [1.82, 2.24) is 25.0 Å². The molecular formula is C46H54FN7O8. The van der Waals surface area contributed by atoms with Crippen molar-refractivity contribution in [2.75, 3.05) is 27.3 Å². The molecule has 0 saturated carbocycles. The number of aromatic nitrogens is 1. The number of benzene rings is 3. The molecule has 1 aromatic heterocycles. The number of methoxy groups -OCH3 is 2. The zero-order valence-electron chi connectivity index (χ0n) is 35.8. The predicted octanol–water partition coefficient (Wildman–Crippen LogP) is 5.32. The van der Waals surface area contributed by atoms with Gasteiger partial charge in [0.2, 0.25) is 23.6 Å². The second kappa shape index (κ2) is 18.1. The van der Waals surface area contributed by atoms with Gasteiger partial charge < -0.3 is 45.9 Å². The van der Waals surface area contributed by atoms with Crippen LogP contribution in [-0.2, 0) is 39.7 Å². The summed E-state index contributed by atoms with van der Waals surface area (Å²) in [5.41, 5.74) is 13.9. The Labute approximate surface area is 359 Å². The van der Waals surface area contributed by atoms with Gasteiger partial charge in [0.15, 0.2) is 0 Å². The maximum absolute atomic E-state index is 14.3. The van der Waals surface area contributed by atoms with E-state index in [0.29, 0.717) is 29.7 Å². The Morgan fingerprint density at radius 2 is 0.968 bits per heavy atom. The quantitative estimate of drug-likeness (QED) is 0.138. The van der Waals surface area contributed by atoms with Gasteiger partial charge in [-0.25, -0.2) is 14.0 Å². The van der Waals surface area contributed by atoms with Crippen LogP contribution in [0.25, 0.3) is 28.2 Å². The van der Waals surface area contributed by atoms with Gasteiger partial charge in [0.1, 0.15) is 29.0 Å². The van der Waals surface area contributed by atoms with E-state index in [9.17, 15) is 33.2 Å². The van der Waals surface area contributed by atoms with Gasteiger partial charge in [-0.1, -0.05) is 76.2 Å². The Morgan fingerprint density at radius 1 is 0.597 bits per heavy atom. The summed E-state index contributed by atoms with van der Waals surface area (Å²) in [4.78, 5) is 82.2. The van der Waals surface area contributed by atoms with Crippen LogP contribution >= 0.6 is 0 Å². The molecular weight excluding hydrogens is 798 g/mol. The Morgan fingerprint density at radius 3 is 1.29 bits per heavy atom. The van der Waals surface area contributed by atoms with Crippen molar-refractivity contribution >= 4 is 35.8 Å². The number of nitrogens with one attached hydrogen (secondary N) is 2. The van der Waals surface area contributed by atoms with Gasteiger partial charge in [-0.15, -0.1) is 0 Å². The minimum absolute atomic E-state index is 0.255. The highest BCUT2D eigenvalue weighted by Crippen LogP contribution is 2.43. The zero-order chi connectivity index (χ0) is 45.1. The molecule has 2 aliphatic rings. The largest absolute Gasteiger partial charge is 0.453 e. The summed E-state index contributed by atoms with van der Waals surface area (Å²) in [6.45, 7) is 7.66. The van der Waals surface area contributed by atoms with Gasteiger partial charge in [0.05, 0.1) is 25.6 Å². The Kier molecular flexibility index (Phi) is 13.1. The van der Waals surface area contributed by atoms with Gasteiger partial charge in [-0.05, 0) is 96.2 Å². The summed E-state index contributed by atoms with van der Waals surface area (Å²) in [5, 5.41) is 5.21. The van der Waals surface area contributed by atoms with Crippen molar-refractivity contribution in [1.29, 1.82) is 0 Å². The lowest BCUT2D eigenvalue weighted by molar-refractivity contribution is -0.146. The number of alkyl carbamates (subject to hydrolysis) is 2. The molecule has 4 aromatic rings. The van der Waals surface area contributed by atoms with Gasteiger partial charge in [-0.3, -0.25) is 19.2 Å². The smallest absolute Gasteiger partial charge is 0.407 e. The maximum Gasteiger partial charge on any atom is 0.407 e. The van der Waals surface area contributed by atoms with Crippen molar-refractivity contribution < 1.29 is 42.6 Å². The summed E-state index contributed by atoms with van der Waals surface area (Å²) < 4.78 is 25.8. The van der Waals surface area contributed by atoms with Crippen LogP contribution in [0.1, 0.15) is 64.5 Å². The van der Waals surface area contributed by atoms with Crippen molar-refractivity contribution in [3.8, 4) is 28.2 Å². The van der Waals surface area contributed by atoms with Crippen LogP contribution in [0.5, 0.6) is 0 Å². The van der Waals surface area contributed by atoms with E-state index in [0.717, 1.165) is 22.5 Å². The Balaban J connectivity index is 1.38. The van der Waals surface area contributed by atoms with E-state index in [1.54, 1.807) is 64.1 Å². The molecule has 2 fully saturated rings. The molecule has 0 unspecified atom stereocenters. The van der Waals surface area contributed by atoms with Crippen LogP contribution in [0.15, 0.2) is 84.9 Å². The molecule has 3 heterocycles. The first-order valence-electron chi connectivity index (χ1n) is 20.6. The van der Waals surface area contributed by atoms with Crippen LogP contribution < -0.4 is 22.1 Å². The van der Waals surface area contributed by atoms with Crippen LogP contribution in [0.4, 0.5) is 14.0 Å². The van der Waals surface area contributed by atoms with Crippen LogP contribution in [0.3, 0.4) is 0 Å². The summed E-state index contributed by atoms with van der Waals surface area (Å²) in [5.74, 6) is -3.34. The van der Waals surface area contributed by atoms with E-state index in [2.05, 4.69) is 10.6 Å². The number of likely N-dealkylation sites (tertiary alicyclic amines) is 2. The summed E-state index contributed by atoms with van der Waals surface area (Å²) in [6, 6.07) is 22.3. The number of ether oxygens (including phenoxy) is 2. The first kappa shape index (κ1) is 44.8. The zero-order valence-corrected chi connectivity index (χ0v) is 35.8. The van der Waals surface area contributed by atoms with Gasteiger partial charge in [0, 0.05) is 18.8 Å². The van der Waals surface area contributed by atoms with Crippen molar-refractivity contribution in [2.45, 2.75) is 76.5 Å². The first-order valence-corrected chi connectivity index (χ1v) is 20.6. The number of hydrogen-bond acceptors (Lipinski definition) is 8. The molecule has 0 spiro atoms. The van der Waals surface area contributed by atoms with E-state index >= 15 is 0 Å². The first-order chi connectivity index (χ1) is 29.5. The van der Waals surface area contributed by atoms with E-state index in [4.69, 9.17) is 20.9 Å². The highest BCUT2D eigenvalue weighted by Gasteiger charge is 2.53. The molecule has 6 N–H and O–H groups in total. The number of primary amides is 2. The fourth-order valence-electron chi connectivity index (χ4n) is 8.96. The summed E-state index contributed by atoms with van der Waals surface area (Å²) in [6.07, 6.45) is 0.0580. The van der Waals surface area contributed by atoms with Gasteiger partial charge in [0.25, 0.3) is 0 Å². The standard InChI is InChI=1S/C46H54FN7O8/c1-27(2)37(50-43(59)61-5)39(55)52-25-7-23-45(52,41(48)57)31-13-9-29(10-14-31)35-21-22-36(54(35)34-19-17-33(47)18-20-34)30-11-15-32(16-12-30)46(42(49)58)24-8-26-53(46)40(56)38(28(3)4)51-44(60)62-6/h9-22,27-28,37-38H,7-8,23-26H2,1-6H3,(H2,48,57)(H2,49,58)(H,50,59)(H,51,60)/t37-,38-,45-,46-/m0/s1. The molecule has 0 bridgehead atoms. The molecule has 3 aromatic carbocycles. The molecule has 4 atom stereocenters. The second-order valence-corrected chi connectivity index (χ2v) is 16.4. The molecule has 328 valence electrons. The highest BCUT2D eigenvalue weighted by atomic mass is 19.1. The number of nitrogens with zero attached hydrogens (tertiary/aromatic N) is 3. The van der Waals surface area contributed by atoms with E-state index < -0.39 is 64.8 Å². The number of hydrogen-bond donors (Lipinski definition) is 4. The number of halogens is 1. The lowest BCUT2D eigenvalue weighted by Gasteiger charge is -2.39. The van der Waals surface area contributed by atoms with Gasteiger partial charge >= 0.3 is 12.2 Å². The Bertz CT molecular complexity index is 2190. The molecule has 6 amide bonds. The third kappa shape index (κ3) is 8.08. The molecule has 15 nitrogen and oxygen atoms in total. The topological polar surface area (TPSA) is 208 Å². The third-order valence-electron chi connectivity index (χ3n) is 12.2. The fraction of sp³-hybridized carbons (Fsp3) is 0.391. The van der Waals surface area contributed by atoms with E-state index in [-0.39, 0.29) is 37.8 Å². The monoisotopic (exact) mass is 851 g/mol. The second-order valence-electron chi connectivity index (χ2n) is 16.4. The molecule has 2 saturated heterocycles. The molecule has 62 heavy (non-hydrogen) atoms. The van der Waals surface area contributed by atoms with Crippen LogP contribution in [0.2, 0.25) is 0 Å². The molecule has 16 heteroatoms. The normalized spacial score (nSPS) is 19.6. The van der Waals surface area contributed by atoms with Crippen LogP contribution in [-0.4, -0.2) is 89.6 Å². The minimum atomic E-state index is -1.47. The average molecular weight is 852 g/mol. The third-order valence-corrected chi connectivity index (χ3v) is 12.2. The van der Waals surface area contributed by atoms with Crippen LogP contribution in [0, 0.1) is 17.7 Å². The molecule has 2 aliphatic heterocycles. The molecule has 6 rings (SSSR count). The highest BCUT2D eigenvalue weighted by molar-refractivity contribution is 5.96. The molecule has 0 radical (unpaired) electrons. The van der Waals surface area contributed by atoms with E-state index in [1.165, 1.54) is 36.2 Å². The summed E-state index contributed by atoms with van der Waals surface area (Å²) >= 11 is 0. The number of carbonyl (C=O) groups is 6. The number of amides is 6. The van der Waals surface area contributed by atoms with Gasteiger partial charge in [-0.2, -0.15) is 0 Å². The fourth-order valence-corrected chi connectivity index (χ4v) is 8.96. The van der Waals surface area contributed by atoms with E-state index in [1.807, 2.05) is 41.0 Å². The average Bonchev–Trinajstić information content (AvgIpc) is 4.03. The van der Waals surface area contributed by atoms with Crippen molar-refractivity contribution in [3.05, 3.63) is 102 Å². The van der Waals surface area contributed by atoms with Crippen molar-refractivity contribution in [3.63, 3.8) is 0 Å². The number of rotatable bonds is 13.